The van der Waals surface area contributed by atoms with E-state index in [-0.39, 0.29) is 48.8 Å². The second kappa shape index (κ2) is 15.8. The molecular formula is C13H12Li2N2O5. The molecule has 2 aromatic rings. The normalized spacial score (nSPS) is 7.55. The first-order valence-electron chi connectivity index (χ1n) is 5.28. The van der Waals surface area contributed by atoms with Crippen LogP contribution in [-0.4, -0.2) is 34.1 Å². The molecule has 0 bridgehead atoms. The number of carboxylic acid groups (broad SMARTS) is 2. The molecular weight excluding hydrogens is 278 g/mol. The minimum atomic E-state index is -1.17. The molecule has 0 radical (unpaired) electrons. The monoisotopic (exact) mass is 290 g/mol. The molecule has 1 N–H and O–H groups in total. The number of carbonyl (C=O) groups excluding carboxylic acids is 2. The molecule has 0 unspecified atom stereocenters. The number of nitrogens with zero attached hydrogens (tertiary/aromatic N) is 2. The Labute approximate surface area is 151 Å². The van der Waals surface area contributed by atoms with Gasteiger partial charge in [-0.05, 0) is 24.3 Å². The molecule has 2 aromatic heterocycles. The van der Waals surface area contributed by atoms with Crippen LogP contribution in [0.1, 0.15) is 20.7 Å². The van der Waals surface area contributed by atoms with Gasteiger partial charge in [0.1, 0.15) is 0 Å². The number of aromatic nitrogens is 2. The van der Waals surface area contributed by atoms with Crippen molar-refractivity contribution in [3.05, 3.63) is 60.2 Å². The van der Waals surface area contributed by atoms with Gasteiger partial charge in [0.05, 0.1) is 11.9 Å². The summed E-state index contributed by atoms with van der Waals surface area (Å²) in [6.07, 6.45) is 5.63. The number of pyridine rings is 2. The van der Waals surface area contributed by atoms with Crippen LogP contribution in [0.3, 0.4) is 0 Å². The predicted molar refractivity (Wildman–Crippen MR) is 65.3 cm³/mol. The standard InChI is InChI=1S/2C6H5NO2.CH4O.2Li/c2*8-6(9)5-1-3-7-4-2-5;1-2;;/h2*1-4H,(H,8,9);2H,1H3;;/q;;;2*+1/p-2. The Balaban J connectivity index is -0.000000273. The van der Waals surface area contributed by atoms with E-state index in [4.69, 9.17) is 5.11 Å². The SMILES string of the molecule is CO.O=C([O-])c1ccncc1.O=C([O-])c1ccncc1.[Li+].[Li+]. The summed E-state index contributed by atoms with van der Waals surface area (Å²) < 4.78 is 0. The average molecular weight is 290 g/mol. The van der Waals surface area contributed by atoms with Gasteiger partial charge < -0.3 is 24.9 Å². The number of aliphatic hydroxyl groups is 1. The van der Waals surface area contributed by atoms with Crippen LogP contribution in [0, 0.1) is 0 Å². The summed E-state index contributed by atoms with van der Waals surface area (Å²) in [4.78, 5) is 27.4. The van der Waals surface area contributed by atoms with Gasteiger partial charge in [-0.1, -0.05) is 0 Å². The minimum Gasteiger partial charge on any atom is -0.545 e. The van der Waals surface area contributed by atoms with Crippen LogP contribution in [0.15, 0.2) is 49.1 Å². The summed E-state index contributed by atoms with van der Waals surface area (Å²) in [5.41, 5.74) is 0.315. The summed E-state index contributed by atoms with van der Waals surface area (Å²) in [6, 6.07) is 5.54. The Bertz CT molecular complexity index is 477. The van der Waals surface area contributed by atoms with Crippen molar-refractivity contribution in [3.8, 4) is 0 Å². The molecule has 0 atom stereocenters. The van der Waals surface area contributed by atoms with E-state index in [2.05, 4.69) is 9.97 Å². The Morgan fingerprint density at radius 2 is 1.00 bits per heavy atom. The zero-order valence-corrected chi connectivity index (χ0v) is 12.6. The van der Waals surface area contributed by atoms with Crippen molar-refractivity contribution in [3.63, 3.8) is 0 Å². The van der Waals surface area contributed by atoms with Crippen LogP contribution < -0.4 is 47.9 Å². The van der Waals surface area contributed by atoms with Gasteiger partial charge in [-0.2, -0.15) is 0 Å². The first-order chi connectivity index (χ1) is 9.61. The first kappa shape index (κ1) is 25.4. The van der Waals surface area contributed by atoms with Crippen LogP contribution in [-0.2, 0) is 0 Å². The third-order valence-electron chi connectivity index (χ3n) is 1.83. The van der Waals surface area contributed by atoms with Crippen molar-refractivity contribution < 1.29 is 62.6 Å². The van der Waals surface area contributed by atoms with Gasteiger partial charge in [-0.15, -0.1) is 0 Å². The van der Waals surface area contributed by atoms with Crippen molar-refractivity contribution in [2.24, 2.45) is 0 Å². The predicted octanol–water partition coefficient (Wildman–Crippen LogP) is -7.49. The van der Waals surface area contributed by atoms with Gasteiger partial charge in [0.2, 0.25) is 0 Å². The first-order valence-corrected chi connectivity index (χ1v) is 5.28. The number of rotatable bonds is 2. The Kier molecular flexibility index (Phi) is 18.2. The zero-order valence-electron chi connectivity index (χ0n) is 12.6. The fraction of sp³-hybridized carbons (Fsp3) is 0.0769. The molecule has 0 saturated carbocycles. The van der Waals surface area contributed by atoms with Gasteiger partial charge in [0, 0.05) is 43.0 Å². The topological polar surface area (TPSA) is 126 Å². The third kappa shape index (κ3) is 11.1. The van der Waals surface area contributed by atoms with E-state index in [0.29, 0.717) is 0 Å². The molecule has 0 aromatic carbocycles. The van der Waals surface area contributed by atoms with Crippen molar-refractivity contribution in [2.75, 3.05) is 7.11 Å². The molecule has 22 heavy (non-hydrogen) atoms. The fourth-order valence-corrected chi connectivity index (χ4v) is 0.976. The summed E-state index contributed by atoms with van der Waals surface area (Å²) in [6.45, 7) is 0. The van der Waals surface area contributed by atoms with E-state index >= 15 is 0 Å². The van der Waals surface area contributed by atoms with E-state index in [1.54, 1.807) is 0 Å². The molecule has 2 rings (SSSR count). The molecule has 0 aliphatic heterocycles. The number of hydrogen-bond donors (Lipinski definition) is 1. The van der Waals surface area contributed by atoms with Crippen molar-refractivity contribution in [1.82, 2.24) is 9.97 Å². The minimum absolute atomic E-state index is 0. The van der Waals surface area contributed by atoms with Gasteiger partial charge in [0.25, 0.3) is 0 Å². The Hall–Kier alpha value is -1.61. The quantitative estimate of drug-likeness (QED) is 0.544. The Morgan fingerprint density at radius 1 is 0.773 bits per heavy atom. The van der Waals surface area contributed by atoms with Crippen molar-refractivity contribution >= 4 is 11.9 Å². The van der Waals surface area contributed by atoms with Crippen LogP contribution in [0.5, 0.6) is 0 Å². The molecule has 0 aliphatic carbocycles. The molecule has 0 saturated heterocycles. The second-order valence-corrected chi connectivity index (χ2v) is 3.05. The summed E-state index contributed by atoms with van der Waals surface area (Å²) in [5, 5.41) is 27.1. The third-order valence-corrected chi connectivity index (χ3v) is 1.83. The zero-order chi connectivity index (χ0) is 15.4. The van der Waals surface area contributed by atoms with Crippen molar-refractivity contribution in [1.29, 1.82) is 0 Å². The number of carbonyl (C=O) groups is 2. The van der Waals surface area contributed by atoms with E-state index in [1.807, 2.05) is 0 Å². The fourth-order valence-electron chi connectivity index (χ4n) is 0.976. The maximum Gasteiger partial charge on any atom is 1.00 e. The molecule has 0 amide bonds. The number of aliphatic hydroxyl groups excluding tert-OH is 1. The maximum absolute atomic E-state index is 10.1. The second-order valence-electron chi connectivity index (χ2n) is 3.05. The number of aromatic carboxylic acids is 2. The molecule has 7 nitrogen and oxygen atoms in total. The van der Waals surface area contributed by atoms with Crippen molar-refractivity contribution in [2.45, 2.75) is 0 Å². The van der Waals surface area contributed by atoms with Crippen LogP contribution in [0.25, 0.3) is 0 Å². The number of carboxylic acids is 2. The molecule has 0 spiro atoms. The number of hydrogen-bond acceptors (Lipinski definition) is 7. The summed E-state index contributed by atoms with van der Waals surface area (Å²) in [5.74, 6) is -2.34. The van der Waals surface area contributed by atoms with Gasteiger partial charge >= 0.3 is 37.7 Å². The van der Waals surface area contributed by atoms with Gasteiger partial charge in [-0.3, -0.25) is 9.97 Å². The van der Waals surface area contributed by atoms with Crippen LogP contribution in [0.4, 0.5) is 0 Å². The van der Waals surface area contributed by atoms with E-state index in [0.717, 1.165) is 7.11 Å². The summed E-state index contributed by atoms with van der Waals surface area (Å²) >= 11 is 0. The summed E-state index contributed by atoms with van der Waals surface area (Å²) in [7, 11) is 1.00. The molecule has 106 valence electrons. The maximum atomic E-state index is 10.1. The molecule has 2 heterocycles. The largest absolute Gasteiger partial charge is 1.00 e. The van der Waals surface area contributed by atoms with Crippen LogP contribution >= 0.6 is 0 Å². The molecule has 9 heteroatoms. The van der Waals surface area contributed by atoms with E-state index in [9.17, 15) is 19.8 Å². The van der Waals surface area contributed by atoms with Gasteiger partial charge in [0.15, 0.2) is 0 Å². The average Bonchev–Trinajstić information content (AvgIpc) is 2.51. The molecule has 0 aliphatic rings. The smallest absolute Gasteiger partial charge is 0.545 e. The Morgan fingerprint density at radius 3 is 1.14 bits per heavy atom. The van der Waals surface area contributed by atoms with E-state index in [1.165, 1.54) is 49.1 Å². The van der Waals surface area contributed by atoms with Gasteiger partial charge in [-0.25, -0.2) is 0 Å². The van der Waals surface area contributed by atoms with Crippen LogP contribution in [0.2, 0.25) is 0 Å². The molecule has 0 fully saturated rings. The van der Waals surface area contributed by atoms with E-state index < -0.39 is 11.9 Å².